The maximum absolute atomic E-state index is 11.7. The lowest BCUT2D eigenvalue weighted by Gasteiger charge is -2.25. The molecule has 2 aromatic heterocycles. The van der Waals surface area contributed by atoms with Crippen LogP contribution < -0.4 is 10.1 Å². The highest BCUT2D eigenvalue weighted by molar-refractivity contribution is 7.99. The van der Waals surface area contributed by atoms with E-state index in [1.165, 1.54) is 49.0 Å². The molecule has 5 nitrogen and oxygen atoms in total. The zero-order valence-electron chi connectivity index (χ0n) is 15.4. The second-order valence-electron chi connectivity index (χ2n) is 6.39. The molecule has 3 rings (SSSR count). The van der Waals surface area contributed by atoms with Crippen LogP contribution in [0.1, 0.15) is 24.1 Å². The normalized spacial score (nSPS) is 15.3. The van der Waals surface area contributed by atoms with Gasteiger partial charge in [0.05, 0.1) is 12.0 Å². The first-order valence-corrected chi connectivity index (χ1v) is 11.2. The van der Waals surface area contributed by atoms with Gasteiger partial charge in [0.1, 0.15) is 12.4 Å². The fraction of sp³-hybridized carbons (Fsp3) is 0.450. The van der Waals surface area contributed by atoms with Crippen molar-refractivity contribution in [1.29, 1.82) is 0 Å². The molecule has 1 N–H and O–H groups in total. The lowest BCUT2D eigenvalue weighted by atomic mass is 10.1. The molecule has 2 aromatic rings. The van der Waals surface area contributed by atoms with Crippen molar-refractivity contribution in [1.82, 2.24) is 10.2 Å². The molecule has 27 heavy (non-hydrogen) atoms. The van der Waals surface area contributed by atoms with E-state index in [2.05, 4.69) is 21.7 Å². The van der Waals surface area contributed by atoms with Gasteiger partial charge in [-0.3, -0.25) is 9.69 Å². The molecule has 7 heteroatoms. The number of hydrogen-bond donors (Lipinski definition) is 1. The number of piperidine rings is 1. The molecule has 0 spiro atoms. The van der Waals surface area contributed by atoms with Gasteiger partial charge < -0.3 is 14.5 Å². The van der Waals surface area contributed by atoms with E-state index in [1.807, 2.05) is 24.3 Å². The monoisotopic (exact) mass is 406 g/mol. The average molecular weight is 407 g/mol. The summed E-state index contributed by atoms with van der Waals surface area (Å²) >= 11 is 3.15. The van der Waals surface area contributed by atoms with Crippen molar-refractivity contribution in [3.63, 3.8) is 0 Å². The third kappa shape index (κ3) is 7.44. The minimum Gasteiger partial charge on any atom is -0.489 e. The van der Waals surface area contributed by atoms with E-state index in [0.29, 0.717) is 18.9 Å². The number of nitrogens with zero attached hydrogens (tertiary/aromatic N) is 1. The lowest BCUT2D eigenvalue weighted by Crippen LogP contribution is -2.28. The summed E-state index contributed by atoms with van der Waals surface area (Å²) in [6.45, 7) is 4.47. The fourth-order valence-corrected chi connectivity index (χ4v) is 4.38. The van der Waals surface area contributed by atoms with E-state index in [-0.39, 0.29) is 5.91 Å². The summed E-state index contributed by atoms with van der Waals surface area (Å²) in [4.78, 5) is 15.6. The van der Waals surface area contributed by atoms with Crippen molar-refractivity contribution in [2.24, 2.45) is 0 Å². The van der Waals surface area contributed by atoms with Crippen LogP contribution in [-0.4, -0.2) is 42.8 Å². The summed E-state index contributed by atoms with van der Waals surface area (Å²) in [5.74, 6) is 1.27. The van der Waals surface area contributed by atoms with Crippen LogP contribution in [0.3, 0.4) is 0 Å². The topological polar surface area (TPSA) is 54.7 Å². The van der Waals surface area contributed by atoms with Crippen molar-refractivity contribution in [2.75, 3.05) is 32.0 Å². The van der Waals surface area contributed by atoms with E-state index in [0.717, 1.165) is 17.4 Å². The fourth-order valence-electron chi connectivity index (χ4n) is 2.86. The van der Waals surface area contributed by atoms with Crippen LogP contribution in [0.5, 0.6) is 5.75 Å². The molecule has 0 radical (unpaired) electrons. The number of carbonyl (C=O) groups is 1. The second kappa shape index (κ2) is 11.2. The molecular weight excluding hydrogens is 380 g/mol. The quantitative estimate of drug-likeness (QED) is 0.474. The van der Waals surface area contributed by atoms with Crippen LogP contribution in [0.15, 0.2) is 51.5 Å². The summed E-state index contributed by atoms with van der Waals surface area (Å²) in [6.07, 6.45) is 9.45. The third-order valence-electron chi connectivity index (χ3n) is 4.23. The van der Waals surface area contributed by atoms with Crippen molar-refractivity contribution in [3.05, 3.63) is 46.9 Å². The van der Waals surface area contributed by atoms with Crippen LogP contribution in [0.25, 0.3) is 0 Å². The molecule has 0 bridgehead atoms. The molecule has 3 heterocycles. The molecule has 1 amide bonds. The number of nitrogens with one attached hydrogen (secondary N) is 1. The standard InChI is InChI=1S/C20H26N2O3S2/c23-19(16-27-20-7-6-12-25-20)21-8-2-5-11-24-17-13-18(26-15-17)14-22-9-3-1-4-10-22/h2,5-7,12-13,15H,1,3-4,8-11,14,16H2,(H,21,23). The minimum absolute atomic E-state index is 0.0119. The highest BCUT2D eigenvalue weighted by Gasteiger charge is 2.11. The van der Waals surface area contributed by atoms with Crippen LogP contribution in [0.2, 0.25) is 0 Å². The zero-order valence-corrected chi connectivity index (χ0v) is 17.0. The maximum atomic E-state index is 11.7. The van der Waals surface area contributed by atoms with Crippen LogP contribution in [-0.2, 0) is 11.3 Å². The molecule has 0 aromatic carbocycles. The minimum atomic E-state index is -0.0119. The predicted molar refractivity (Wildman–Crippen MR) is 111 cm³/mol. The number of carbonyl (C=O) groups excluding carboxylic acids is 1. The first-order chi connectivity index (χ1) is 13.3. The Morgan fingerprint density at radius 1 is 1.33 bits per heavy atom. The number of likely N-dealkylation sites (tertiary alicyclic amines) is 1. The molecular formula is C20H26N2O3S2. The smallest absolute Gasteiger partial charge is 0.230 e. The zero-order chi connectivity index (χ0) is 18.7. The number of amides is 1. The Kier molecular flexibility index (Phi) is 8.32. The van der Waals surface area contributed by atoms with E-state index >= 15 is 0 Å². The highest BCUT2D eigenvalue weighted by atomic mass is 32.2. The van der Waals surface area contributed by atoms with E-state index in [4.69, 9.17) is 9.15 Å². The van der Waals surface area contributed by atoms with E-state index in [1.54, 1.807) is 17.6 Å². The highest BCUT2D eigenvalue weighted by Crippen LogP contribution is 2.24. The van der Waals surface area contributed by atoms with Gasteiger partial charge in [-0.2, -0.15) is 0 Å². The number of rotatable bonds is 10. The summed E-state index contributed by atoms with van der Waals surface area (Å²) in [7, 11) is 0. The van der Waals surface area contributed by atoms with Gasteiger partial charge >= 0.3 is 0 Å². The van der Waals surface area contributed by atoms with Crippen LogP contribution in [0.4, 0.5) is 0 Å². The molecule has 1 saturated heterocycles. The molecule has 0 unspecified atom stereocenters. The number of thiophene rings is 1. The molecule has 1 aliphatic heterocycles. The summed E-state index contributed by atoms with van der Waals surface area (Å²) in [5.41, 5.74) is 0. The Morgan fingerprint density at radius 2 is 2.22 bits per heavy atom. The number of hydrogen-bond acceptors (Lipinski definition) is 6. The summed E-state index contributed by atoms with van der Waals surface area (Å²) in [6, 6.07) is 5.80. The van der Waals surface area contributed by atoms with Gasteiger partial charge in [0.2, 0.25) is 5.91 Å². The largest absolute Gasteiger partial charge is 0.489 e. The SMILES string of the molecule is O=C(CSc1ccco1)NCC=CCOc1csc(CN2CCCCC2)c1. The number of furan rings is 1. The van der Waals surface area contributed by atoms with Gasteiger partial charge in [-0.1, -0.05) is 24.3 Å². The van der Waals surface area contributed by atoms with Gasteiger partial charge in [-0.15, -0.1) is 11.3 Å². The maximum Gasteiger partial charge on any atom is 0.230 e. The van der Waals surface area contributed by atoms with E-state index in [9.17, 15) is 4.79 Å². The Labute approximate surface area is 168 Å². The first-order valence-electron chi connectivity index (χ1n) is 9.30. The summed E-state index contributed by atoms with van der Waals surface area (Å²) in [5, 5.41) is 5.67. The van der Waals surface area contributed by atoms with Gasteiger partial charge in [0, 0.05) is 23.3 Å². The number of thioether (sulfide) groups is 1. The molecule has 0 atom stereocenters. The Balaban J connectivity index is 1.26. The van der Waals surface area contributed by atoms with Gasteiger partial charge in [-0.05, 0) is 50.2 Å². The summed E-state index contributed by atoms with van der Waals surface area (Å²) < 4.78 is 10.9. The second-order valence-corrected chi connectivity index (χ2v) is 8.37. The number of ether oxygens (including phenoxy) is 1. The van der Waals surface area contributed by atoms with Gasteiger partial charge in [0.25, 0.3) is 0 Å². The van der Waals surface area contributed by atoms with Crippen molar-refractivity contribution in [3.8, 4) is 5.75 Å². The molecule has 0 aliphatic carbocycles. The third-order valence-corrected chi connectivity index (χ3v) is 6.05. The molecule has 1 aliphatic rings. The Hall–Kier alpha value is -1.70. The van der Waals surface area contributed by atoms with Crippen LogP contribution >= 0.6 is 23.1 Å². The van der Waals surface area contributed by atoms with Crippen molar-refractivity contribution >= 4 is 29.0 Å². The molecule has 1 fully saturated rings. The Bertz CT molecular complexity index is 707. The molecule has 146 valence electrons. The lowest BCUT2D eigenvalue weighted by molar-refractivity contribution is -0.118. The van der Waals surface area contributed by atoms with Crippen molar-refractivity contribution in [2.45, 2.75) is 30.9 Å². The predicted octanol–water partition coefficient (Wildman–Crippen LogP) is 4.17. The van der Waals surface area contributed by atoms with Gasteiger partial charge in [0.15, 0.2) is 5.09 Å². The van der Waals surface area contributed by atoms with Gasteiger partial charge in [-0.25, -0.2) is 0 Å². The Morgan fingerprint density at radius 3 is 3.04 bits per heavy atom. The average Bonchev–Trinajstić information content (AvgIpc) is 3.36. The van der Waals surface area contributed by atoms with E-state index < -0.39 is 0 Å². The van der Waals surface area contributed by atoms with Crippen molar-refractivity contribution < 1.29 is 13.9 Å². The van der Waals surface area contributed by atoms with Crippen LogP contribution in [0, 0.1) is 0 Å². The molecule has 0 saturated carbocycles. The first kappa shape index (κ1) is 20.0.